The summed E-state index contributed by atoms with van der Waals surface area (Å²) in [5, 5.41) is 0. The molecule has 1 aliphatic rings. The third-order valence-electron chi connectivity index (χ3n) is 1.69. The van der Waals surface area contributed by atoms with Crippen LogP contribution in [0.4, 0.5) is 0 Å². The molecule has 0 bridgehead atoms. The standard InChI is InChI=1S/C9H16O2/c1-6(2)9-10-7(3)5-8(4)11-9/h7-8H,5H2,1-4H3/t7-,8-/m1/s1. The Kier molecular flexibility index (Phi) is 2.42. The summed E-state index contributed by atoms with van der Waals surface area (Å²) in [6.07, 6.45) is 1.57. The zero-order valence-corrected chi connectivity index (χ0v) is 7.68. The predicted octanol–water partition coefficient (Wildman–Crippen LogP) is 2.45. The van der Waals surface area contributed by atoms with Gasteiger partial charge in [-0.2, -0.15) is 0 Å². The Bertz CT molecular complexity index is 156. The van der Waals surface area contributed by atoms with Gasteiger partial charge in [-0.15, -0.1) is 0 Å². The normalized spacial score (nSPS) is 30.7. The van der Waals surface area contributed by atoms with E-state index in [-0.39, 0.29) is 0 Å². The maximum Gasteiger partial charge on any atom is 0.278 e. The highest BCUT2D eigenvalue weighted by Gasteiger charge is 2.21. The van der Waals surface area contributed by atoms with Crippen molar-refractivity contribution in [2.45, 2.75) is 46.3 Å². The van der Waals surface area contributed by atoms with Gasteiger partial charge in [-0.25, -0.2) is 0 Å². The van der Waals surface area contributed by atoms with E-state index in [2.05, 4.69) is 13.8 Å². The molecule has 0 spiro atoms. The SMILES string of the molecule is CC(C)=C1O[C@H](C)C[C@@H](C)O1. The molecule has 2 heteroatoms. The van der Waals surface area contributed by atoms with Crippen molar-refractivity contribution in [3.8, 4) is 0 Å². The van der Waals surface area contributed by atoms with Gasteiger partial charge in [-0.05, 0) is 27.7 Å². The Hall–Kier alpha value is -0.660. The molecule has 2 nitrogen and oxygen atoms in total. The lowest BCUT2D eigenvalue weighted by atomic mass is 10.2. The molecule has 0 aliphatic carbocycles. The van der Waals surface area contributed by atoms with Crippen LogP contribution in [0.25, 0.3) is 0 Å². The van der Waals surface area contributed by atoms with Crippen molar-refractivity contribution in [2.24, 2.45) is 0 Å². The van der Waals surface area contributed by atoms with E-state index in [0.29, 0.717) is 12.2 Å². The molecule has 11 heavy (non-hydrogen) atoms. The summed E-state index contributed by atoms with van der Waals surface area (Å²) in [6.45, 7) is 8.14. The molecule has 0 amide bonds. The van der Waals surface area contributed by atoms with Crippen LogP contribution in [0.2, 0.25) is 0 Å². The second-order valence-corrected chi connectivity index (χ2v) is 3.38. The van der Waals surface area contributed by atoms with E-state index in [4.69, 9.17) is 9.47 Å². The van der Waals surface area contributed by atoms with Gasteiger partial charge >= 0.3 is 0 Å². The number of hydrogen-bond acceptors (Lipinski definition) is 2. The van der Waals surface area contributed by atoms with Gasteiger partial charge in [0.1, 0.15) is 12.2 Å². The molecule has 1 aliphatic heterocycles. The van der Waals surface area contributed by atoms with Gasteiger partial charge in [0, 0.05) is 12.0 Å². The Balaban J connectivity index is 2.64. The highest BCUT2D eigenvalue weighted by Crippen LogP contribution is 2.22. The van der Waals surface area contributed by atoms with Gasteiger partial charge in [0.2, 0.25) is 0 Å². The highest BCUT2D eigenvalue weighted by atomic mass is 16.7. The Morgan fingerprint density at radius 1 is 1.18 bits per heavy atom. The van der Waals surface area contributed by atoms with Crippen LogP contribution in [0, 0.1) is 0 Å². The second-order valence-electron chi connectivity index (χ2n) is 3.38. The average Bonchev–Trinajstić information content (AvgIpc) is 1.85. The lowest BCUT2D eigenvalue weighted by Gasteiger charge is -2.29. The van der Waals surface area contributed by atoms with Gasteiger partial charge in [0.05, 0.1) is 0 Å². The molecule has 64 valence electrons. The van der Waals surface area contributed by atoms with Crippen LogP contribution in [0.3, 0.4) is 0 Å². The Labute approximate surface area is 68.2 Å². The van der Waals surface area contributed by atoms with Gasteiger partial charge in [-0.3, -0.25) is 0 Å². The van der Waals surface area contributed by atoms with Gasteiger partial charge in [0.15, 0.2) is 0 Å². The van der Waals surface area contributed by atoms with Crippen LogP contribution in [-0.2, 0) is 9.47 Å². The van der Waals surface area contributed by atoms with Crippen LogP contribution in [0.1, 0.15) is 34.1 Å². The van der Waals surface area contributed by atoms with Crippen molar-refractivity contribution in [2.75, 3.05) is 0 Å². The molecule has 1 saturated heterocycles. The van der Waals surface area contributed by atoms with Crippen LogP contribution in [0.15, 0.2) is 11.5 Å². The molecule has 0 radical (unpaired) electrons. The van der Waals surface area contributed by atoms with E-state index in [1.807, 2.05) is 13.8 Å². The summed E-state index contributed by atoms with van der Waals surface area (Å²) >= 11 is 0. The number of allylic oxidation sites excluding steroid dienone is 1. The first-order chi connectivity index (χ1) is 5.09. The van der Waals surface area contributed by atoms with E-state index in [0.717, 1.165) is 17.9 Å². The summed E-state index contributed by atoms with van der Waals surface area (Å²) in [7, 11) is 0. The minimum Gasteiger partial charge on any atom is -0.462 e. The van der Waals surface area contributed by atoms with E-state index in [9.17, 15) is 0 Å². The molecule has 0 saturated carbocycles. The topological polar surface area (TPSA) is 18.5 Å². The van der Waals surface area contributed by atoms with Crippen LogP contribution >= 0.6 is 0 Å². The van der Waals surface area contributed by atoms with Crippen LogP contribution in [0.5, 0.6) is 0 Å². The fourth-order valence-electron chi connectivity index (χ4n) is 1.19. The summed E-state index contributed by atoms with van der Waals surface area (Å²) in [5.41, 5.74) is 1.11. The minimum absolute atomic E-state index is 0.295. The fourth-order valence-corrected chi connectivity index (χ4v) is 1.19. The molecule has 0 aromatic carbocycles. The Morgan fingerprint density at radius 3 is 2.00 bits per heavy atom. The van der Waals surface area contributed by atoms with Gasteiger partial charge < -0.3 is 9.47 Å². The first-order valence-corrected chi connectivity index (χ1v) is 4.10. The summed E-state index contributed by atoms with van der Waals surface area (Å²) in [5.74, 6) is 0.719. The third-order valence-corrected chi connectivity index (χ3v) is 1.69. The minimum atomic E-state index is 0.295. The zero-order valence-electron chi connectivity index (χ0n) is 7.68. The molecule has 0 unspecified atom stereocenters. The summed E-state index contributed by atoms with van der Waals surface area (Å²) in [6, 6.07) is 0. The van der Waals surface area contributed by atoms with Crippen molar-refractivity contribution in [3.05, 3.63) is 11.5 Å². The molecule has 0 aromatic rings. The Morgan fingerprint density at radius 2 is 1.64 bits per heavy atom. The first-order valence-electron chi connectivity index (χ1n) is 4.10. The van der Waals surface area contributed by atoms with E-state index in [1.165, 1.54) is 0 Å². The molecule has 0 aromatic heterocycles. The number of rotatable bonds is 0. The monoisotopic (exact) mass is 156 g/mol. The average molecular weight is 156 g/mol. The van der Waals surface area contributed by atoms with E-state index < -0.39 is 0 Å². The first kappa shape index (κ1) is 8.44. The predicted molar refractivity (Wildman–Crippen MR) is 44.1 cm³/mol. The maximum atomic E-state index is 5.48. The molecule has 1 heterocycles. The van der Waals surface area contributed by atoms with Crippen molar-refractivity contribution >= 4 is 0 Å². The fraction of sp³-hybridized carbons (Fsp3) is 0.778. The molecular weight excluding hydrogens is 140 g/mol. The van der Waals surface area contributed by atoms with E-state index >= 15 is 0 Å². The largest absolute Gasteiger partial charge is 0.462 e. The van der Waals surface area contributed by atoms with Crippen LogP contribution < -0.4 is 0 Å². The molecular formula is C9H16O2. The maximum absolute atomic E-state index is 5.48. The quantitative estimate of drug-likeness (QED) is 0.536. The molecule has 1 rings (SSSR count). The number of hydrogen-bond donors (Lipinski definition) is 0. The number of ether oxygens (including phenoxy) is 2. The lowest BCUT2D eigenvalue weighted by Crippen LogP contribution is -2.26. The zero-order chi connectivity index (χ0) is 8.43. The molecule has 2 atom stereocenters. The smallest absolute Gasteiger partial charge is 0.278 e. The van der Waals surface area contributed by atoms with Crippen molar-refractivity contribution in [3.63, 3.8) is 0 Å². The molecule has 0 N–H and O–H groups in total. The van der Waals surface area contributed by atoms with Crippen molar-refractivity contribution < 1.29 is 9.47 Å². The van der Waals surface area contributed by atoms with Gasteiger partial charge in [0.25, 0.3) is 5.95 Å². The molecule has 1 fully saturated rings. The van der Waals surface area contributed by atoms with E-state index in [1.54, 1.807) is 0 Å². The lowest BCUT2D eigenvalue weighted by molar-refractivity contribution is -0.0943. The van der Waals surface area contributed by atoms with Crippen LogP contribution in [-0.4, -0.2) is 12.2 Å². The van der Waals surface area contributed by atoms with Crippen molar-refractivity contribution in [1.29, 1.82) is 0 Å². The van der Waals surface area contributed by atoms with Crippen molar-refractivity contribution in [1.82, 2.24) is 0 Å². The summed E-state index contributed by atoms with van der Waals surface area (Å²) in [4.78, 5) is 0. The second kappa shape index (κ2) is 3.16. The highest BCUT2D eigenvalue weighted by molar-refractivity contribution is 4.98. The third kappa shape index (κ3) is 2.14. The summed E-state index contributed by atoms with van der Waals surface area (Å²) < 4.78 is 11.0. The van der Waals surface area contributed by atoms with Gasteiger partial charge in [-0.1, -0.05) is 0 Å².